The monoisotopic (exact) mass is 225 g/mol. The van der Waals surface area contributed by atoms with Gasteiger partial charge in [0.1, 0.15) is 0 Å². The van der Waals surface area contributed by atoms with Crippen molar-refractivity contribution < 1.29 is 10.0 Å². The van der Waals surface area contributed by atoms with Gasteiger partial charge in [-0.05, 0) is 19.4 Å². The molecule has 0 aliphatic carbocycles. The first-order valence-electron chi connectivity index (χ1n) is 4.92. The summed E-state index contributed by atoms with van der Waals surface area (Å²) in [5.41, 5.74) is 0.698. The number of likely N-dealkylation sites (N-methyl/N-ethyl adjacent to an activating group) is 1. The van der Waals surface area contributed by atoms with Gasteiger partial charge >= 0.3 is 5.69 Å². The molecule has 0 amide bonds. The zero-order valence-electron chi connectivity index (χ0n) is 9.54. The molecule has 0 unspecified atom stereocenters. The summed E-state index contributed by atoms with van der Waals surface area (Å²) >= 11 is 0. The van der Waals surface area contributed by atoms with Gasteiger partial charge in [0.25, 0.3) is 0 Å². The predicted molar refractivity (Wildman–Crippen MR) is 60.6 cm³/mol. The van der Waals surface area contributed by atoms with Crippen molar-refractivity contribution in [3.05, 3.63) is 27.9 Å². The van der Waals surface area contributed by atoms with Crippen molar-refractivity contribution in [3.8, 4) is 0 Å². The topological polar surface area (TPSA) is 79.5 Å². The fraction of sp³-hybridized carbons (Fsp3) is 0.500. The van der Waals surface area contributed by atoms with Crippen LogP contribution in [0.15, 0.2) is 12.3 Å². The highest BCUT2D eigenvalue weighted by Gasteiger charge is 2.19. The Morgan fingerprint density at radius 3 is 2.81 bits per heavy atom. The summed E-state index contributed by atoms with van der Waals surface area (Å²) in [5.74, 6) is 0.275. The van der Waals surface area contributed by atoms with E-state index < -0.39 is 11.0 Å². The Hall–Kier alpha value is -1.69. The van der Waals surface area contributed by atoms with Crippen LogP contribution in [0.5, 0.6) is 0 Å². The van der Waals surface area contributed by atoms with E-state index in [0.29, 0.717) is 6.54 Å². The van der Waals surface area contributed by atoms with E-state index in [9.17, 15) is 15.2 Å². The molecule has 88 valence electrons. The van der Waals surface area contributed by atoms with Crippen molar-refractivity contribution in [2.75, 3.05) is 18.5 Å². The number of anilines is 1. The summed E-state index contributed by atoms with van der Waals surface area (Å²) in [6.07, 6.45) is 1.01. The second-order valence-electron chi connectivity index (χ2n) is 3.84. The van der Waals surface area contributed by atoms with Crippen LogP contribution in [0.2, 0.25) is 0 Å². The summed E-state index contributed by atoms with van der Waals surface area (Å²) in [4.78, 5) is 16.0. The standard InChI is InChI=1S/C10H15N3O3/c1-7-4-9(13(15)16)10(11-5-7)12(3)6-8(2)14/h4-5,8,14H,6H2,1-3H3/t8-/m0/s1. The van der Waals surface area contributed by atoms with E-state index in [1.807, 2.05) is 0 Å². The third-order valence-corrected chi connectivity index (χ3v) is 2.08. The number of aromatic nitrogens is 1. The van der Waals surface area contributed by atoms with Crippen LogP contribution in [0.3, 0.4) is 0 Å². The lowest BCUT2D eigenvalue weighted by Gasteiger charge is -2.19. The molecule has 1 N–H and O–H groups in total. The van der Waals surface area contributed by atoms with Crippen molar-refractivity contribution in [2.24, 2.45) is 0 Å². The number of rotatable bonds is 4. The van der Waals surface area contributed by atoms with Crippen LogP contribution in [0.1, 0.15) is 12.5 Å². The van der Waals surface area contributed by atoms with Gasteiger partial charge in [-0.15, -0.1) is 0 Å². The molecule has 1 heterocycles. The van der Waals surface area contributed by atoms with Crippen molar-refractivity contribution in [3.63, 3.8) is 0 Å². The molecule has 1 aromatic rings. The summed E-state index contributed by atoms with van der Waals surface area (Å²) in [5, 5.41) is 20.1. The lowest BCUT2D eigenvalue weighted by Crippen LogP contribution is -2.28. The molecule has 0 aromatic carbocycles. The maximum atomic E-state index is 10.8. The molecule has 16 heavy (non-hydrogen) atoms. The van der Waals surface area contributed by atoms with Gasteiger partial charge in [0.2, 0.25) is 5.82 Å². The average molecular weight is 225 g/mol. The highest BCUT2D eigenvalue weighted by atomic mass is 16.6. The van der Waals surface area contributed by atoms with Crippen molar-refractivity contribution >= 4 is 11.5 Å². The predicted octanol–water partition coefficient (Wildman–Crippen LogP) is 1.12. The second kappa shape index (κ2) is 4.89. The summed E-state index contributed by atoms with van der Waals surface area (Å²) < 4.78 is 0. The van der Waals surface area contributed by atoms with E-state index in [0.717, 1.165) is 5.56 Å². The molecule has 0 aliphatic heterocycles. The molecule has 0 bridgehead atoms. The lowest BCUT2D eigenvalue weighted by atomic mass is 10.2. The van der Waals surface area contributed by atoms with Gasteiger partial charge in [0.05, 0.1) is 11.0 Å². The van der Waals surface area contributed by atoms with Crippen LogP contribution >= 0.6 is 0 Å². The Kier molecular flexibility index (Phi) is 3.78. The summed E-state index contributed by atoms with van der Waals surface area (Å²) in [7, 11) is 1.66. The smallest absolute Gasteiger partial charge is 0.311 e. The Morgan fingerprint density at radius 1 is 1.69 bits per heavy atom. The molecule has 6 nitrogen and oxygen atoms in total. The van der Waals surface area contributed by atoms with Crippen LogP contribution in [0, 0.1) is 17.0 Å². The SMILES string of the molecule is Cc1cnc(N(C)C[C@H](C)O)c([N+](=O)[O-])c1. The third-order valence-electron chi connectivity index (χ3n) is 2.08. The maximum absolute atomic E-state index is 10.8. The molecule has 6 heteroatoms. The third kappa shape index (κ3) is 2.90. The zero-order valence-corrected chi connectivity index (χ0v) is 9.54. The molecular weight excluding hydrogens is 210 g/mol. The van der Waals surface area contributed by atoms with Crippen molar-refractivity contribution in [1.29, 1.82) is 0 Å². The van der Waals surface area contributed by atoms with E-state index in [2.05, 4.69) is 4.98 Å². The first kappa shape index (κ1) is 12.4. The van der Waals surface area contributed by atoms with E-state index in [1.54, 1.807) is 32.0 Å². The highest BCUT2D eigenvalue weighted by molar-refractivity contribution is 5.58. The van der Waals surface area contributed by atoms with Crippen LogP contribution in [0.4, 0.5) is 11.5 Å². The Bertz CT molecular complexity index is 393. The molecule has 0 saturated carbocycles. The number of pyridine rings is 1. The summed E-state index contributed by atoms with van der Waals surface area (Å²) in [6.45, 7) is 3.67. The summed E-state index contributed by atoms with van der Waals surface area (Å²) in [6, 6.07) is 1.47. The highest BCUT2D eigenvalue weighted by Crippen LogP contribution is 2.25. The zero-order chi connectivity index (χ0) is 12.3. The van der Waals surface area contributed by atoms with Gasteiger partial charge in [-0.3, -0.25) is 10.1 Å². The van der Waals surface area contributed by atoms with Crippen molar-refractivity contribution in [1.82, 2.24) is 4.98 Å². The molecule has 0 radical (unpaired) electrons. The van der Waals surface area contributed by atoms with Gasteiger partial charge in [-0.25, -0.2) is 4.98 Å². The van der Waals surface area contributed by atoms with Gasteiger partial charge in [-0.2, -0.15) is 0 Å². The van der Waals surface area contributed by atoms with Gasteiger partial charge in [0, 0.05) is 25.9 Å². The molecule has 0 spiro atoms. The van der Waals surface area contributed by atoms with Gasteiger partial charge in [-0.1, -0.05) is 0 Å². The fourth-order valence-corrected chi connectivity index (χ4v) is 1.46. The number of hydrogen-bond donors (Lipinski definition) is 1. The average Bonchev–Trinajstić information content (AvgIpc) is 2.16. The number of hydrogen-bond acceptors (Lipinski definition) is 5. The normalized spacial score (nSPS) is 12.2. The molecule has 1 atom stereocenters. The Morgan fingerprint density at radius 2 is 2.31 bits per heavy atom. The quantitative estimate of drug-likeness (QED) is 0.613. The molecule has 1 aromatic heterocycles. The number of nitro groups is 1. The lowest BCUT2D eigenvalue weighted by molar-refractivity contribution is -0.384. The molecule has 0 fully saturated rings. The van der Waals surface area contributed by atoms with Crippen LogP contribution in [-0.2, 0) is 0 Å². The van der Waals surface area contributed by atoms with Gasteiger partial charge < -0.3 is 10.0 Å². The Labute approximate surface area is 93.7 Å². The fourth-order valence-electron chi connectivity index (χ4n) is 1.46. The van der Waals surface area contributed by atoms with E-state index in [-0.39, 0.29) is 11.5 Å². The number of aryl methyl sites for hydroxylation is 1. The molecule has 0 aliphatic rings. The van der Waals surface area contributed by atoms with Crippen LogP contribution in [0.25, 0.3) is 0 Å². The first-order chi connectivity index (χ1) is 7.41. The molecule has 0 saturated heterocycles. The van der Waals surface area contributed by atoms with Crippen LogP contribution < -0.4 is 4.90 Å². The number of aliphatic hydroxyl groups is 1. The number of nitrogens with zero attached hydrogens (tertiary/aromatic N) is 3. The number of aliphatic hydroxyl groups excluding tert-OH is 1. The second-order valence-corrected chi connectivity index (χ2v) is 3.84. The van der Waals surface area contributed by atoms with Crippen LogP contribution in [-0.4, -0.2) is 34.7 Å². The minimum Gasteiger partial charge on any atom is -0.392 e. The van der Waals surface area contributed by atoms with E-state index >= 15 is 0 Å². The maximum Gasteiger partial charge on any atom is 0.311 e. The first-order valence-corrected chi connectivity index (χ1v) is 4.92. The van der Waals surface area contributed by atoms with Crippen molar-refractivity contribution in [2.45, 2.75) is 20.0 Å². The largest absolute Gasteiger partial charge is 0.392 e. The minimum atomic E-state index is -0.562. The molecular formula is C10H15N3O3. The van der Waals surface area contributed by atoms with Gasteiger partial charge in [0.15, 0.2) is 0 Å². The minimum absolute atomic E-state index is 0.0387. The molecule has 1 rings (SSSR count). The van der Waals surface area contributed by atoms with E-state index in [1.165, 1.54) is 6.07 Å². The van der Waals surface area contributed by atoms with E-state index in [4.69, 9.17) is 0 Å². The Balaban J connectivity index is 3.07.